The van der Waals surface area contributed by atoms with Crippen LogP contribution in [0.5, 0.6) is 0 Å². The second kappa shape index (κ2) is 10.1. The zero-order chi connectivity index (χ0) is 18.4. The maximum Gasteiger partial charge on any atom is 0.264 e. The second-order valence-corrected chi connectivity index (χ2v) is 8.02. The lowest BCUT2D eigenvalue weighted by atomic mass is 9.95. The van der Waals surface area contributed by atoms with E-state index in [1.54, 1.807) is 6.92 Å². The summed E-state index contributed by atoms with van der Waals surface area (Å²) < 4.78 is 0. The molecule has 1 aromatic heterocycles. The fraction of sp³-hybridized carbons (Fsp3) is 0.737. The number of hydrogen-bond acceptors (Lipinski definition) is 4. The molecule has 1 aliphatic carbocycles. The maximum absolute atomic E-state index is 12.4. The van der Waals surface area contributed by atoms with E-state index in [0.717, 1.165) is 6.54 Å². The highest BCUT2D eigenvalue weighted by Gasteiger charge is 2.22. The Morgan fingerprint density at radius 3 is 2.31 bits per heavy atom. The summed E-state index contributed by atoms with van der Waals surface area (Å²) in [6.07, 6.45) is 7.65. The smallest absolute Gasteiger partial charge is 0.264 e. The van der Waals surface area contributed by atoms with Crippen LogP contribution in [0.3, 0.4) is 0 Å². The normalized spacial score (nSPS) is 15.8. The first-order valence-corrected chi connectivity index (χ1v) is 9.42. The van der Waals surface area contributed by atoms with E-state index in [2.05, 4.69) is 20.6 Å². The third-order valence-electron chi connectivity index (χ3n) is 4.74. The Bertz CT molecular complexity index is 644. The molecule has 1 amide bonds. The molecule has 7 heteroatoms. The van der Waals surface area contributed by atoms with Crippen molar-refractivity contribution in [3.63, 3.8) is 0 Å². The van der Waals surface area contributed by atoms with Gasteiger partial charge in [0.05, 0.1) is 5.69 Å². The number of aromatic amines is 1. The minimum Gasteiger partial charge on any atom is -0.351 e. The molecule has 0 unspecified atom stereocenters. The van der Waals surface area contributed by atoms with Gasteiger partial charge >= 0.3 is 0 Å². The van der Waals surface area contributed by atoms with Gasteiger partial charge in [-0.25, -0.2) is 4.98 Å². The van der Waals surface area contributed by atoms with Crippen LogP contribution in [0.1, 0.15) is 81.2 Å². The van der Waals surface area contributed by atoms with Gasteiger partial charge in [0, 0.05) is 24.5 Å². The van der Waals surface area contributed by atoms with Crippen LogP contribution >= 0.6 is 12.4 Å². The molecule has 3 N–H and O–H groups in total. The van der Waals surface area contributed by atoms with E-state index in [0.29, 0.717) is 24.1 Å². The predicted molar refractivity (Wildman–Crippen MR) is 107 cm³/mol. The van der Waals surface area contributed by atoms with E-state index >= 15 is 0 Å². The Hall–Kier alpha value is -1.40. The van der Waals surface area contributed by atoms with Crippen molar-refractivity contribution in [3.05, 3.63) is 27.4 Å². The zero-order valence-electron chi connectivity index (χ0n) is 16.4. The number of H-pyrrole nitrogens is 1. The lowest BCUT2D eigenvalue weighted by Gasteiger charge is -2.18. The summed E-state index contributed by atoms with van der Waals surface area (Å²) in [5, 5.41) is 6.34. The molecular formula is C19H33ClN4O2. The van der Waals surface area contributed by atoms with Gasteiger partial charge in [-0.1, -0.05) is 46.5 Å². The molecule has 1 heterocycles. The standard InChI is InChI=1S/C19H32N4O2.ClH/c1-13-15(17(25)23-18(22-13)19(2,3)4)16(24)21-12-11-20-14-9-7-5-6-8-10-14;/h14,20H,5-12H2,1-4H3,(H,21,24)(H,22,23,25);1H. The summed E-state index contributed by atoms with van der Waals surface area (Å²) in [6, 6.07) is 0.553. The Kier molecular flexibility index (Phi) is 8.77. The van der Waals surface area contributed by atoms with Crippen LogP contribution in [-0.4, -0.2) is 35.0 Å². The van der Waals surface area contributed by atoms with Crippen LogP contribution < -0.4 is 16.2 Å². The number of amides is 1. The SMILES string of the molecule is Cc1nc(C(C)(C)C)[nH]c(=O)c1C(=O)NCCNC1CCCCCC1.Cl. The largest absolute Gasteiger partial charge is 0.351 e. The number of carbonyl (C=O) groups excluding carboxylic acids is 1. The summed E-state index contributed by atoms with van der Waals surface area (Å²) in [5.74, 6) is 0.246. The van der Waals surface area contributed by atoms with E-state index in [1.165, 1.54) is 38.5 Å². The topological polar surface area (TPSA) is 86.9 Å². The third kappa shape index (κ3) is 6.40. The van der Waals surface area contributed by atoms with Gasteiger partial charge in [-0.2, -0.15) is 0 Å². The molecule has 0 bridgehead atoms. The minimum atomic E-state index is -0.369. The second-order valence-electron chi connectivity index (χ2n) is 8.02. The van der Waals surface area contributed by atoms with Gasteiger partial charge in [0.25, 0.3) is 11.5 Å². The van der Waals surface area contributed by atoms with Crippen molar-refractivity contribution < 1.29 is 4.79 Å². The summed E-state index contributed by atoms with van der Waals surface area (Å²) in [4.78, 5) is 31.8. The van der Waals surface area contributed by atoms with Crippen molar-refractivity contribution in [3.8, 4) is 0 Å². The van der Waals surface area contributed by atoms with E-state index in [4.69, 9.17) is 0 Å². The number of nitrogens with zero attached hydrogens (tertiary/aromatic N) is 1. The van der Waals surface area contributed by atoms with Gasteiger partial charge in [-0.05, 0) is 19.8 Å². The molecule has 26 heavy (non-hydrogen) atoms. The van der Waals surface area contributed by atoms with Crippen LogP contribution in [-0.2, 0) is 5.41 Å². The molecule has 148 valence electrons. The van der Waals surface area contributed by atoms with Gasteiger partial charge in [0.1, 0.15) is 11.4 Å². The molecule has 1 saturated carbocycles. The molecule has 0 radical (unpaired) electrons. The zero-order valence-corrected chi connectivity index (χ0v) is 17.2. The molecule has 0 aromatic carbocycles. The molecule has 1 fully saturated rings. The van der Waals surface area contributed by atoms with Crippen LogP contribution in [0, 0.1) is 6.92 Å². The van der Waals surface area contributed by atoms with Gasteiger partial charge in [-0.15, -0.1) is 12.4 Å². The molecule has 6 nitrogen and oxygen atoms in total. The number of carbonyl (C=O) groups is 1. The van der Waals surface area contributed by atoms with Crippen LogP contribution in [0.4, 0.5) is 0 Å². The molecule has 0 aliphatic heterocycles. The Balaban J connectivity index is 0.00000338. The lowest BCUT2D eigenvalue weighted by Crippen LogP contribution is -2.39. The first-order chi connectivity index (χ1) is 11.8. The van der Waals surface area contributed by atoms with Crippen molar-refractivity contribution in [2.45, 2.75) is 77.7 Å². The summed E-state index contributed by atoms with van der Waals surface area (Å²) in [6.45, 7) is 8.87. The monoisotopic (exact) mass is 384 g/mol. The molecule has 1 aliphatic rings. The van der Waals surface area contributed by atoms with Crippen molar-refractivity contribution in [1.29, 1.82) is 0 Å². The number of nitrogens with one attached hydrogen (secondary N) is 3. The Labute approximate surface area is 162 Å². The third-order valence-corrected chi connectivity index (χ3v) is 4.74. The molecule has 0 atom stereocenters. The molecular weight excluding hydrogens is 352 g/mol. The lowest BCUT2D eigenvalue weighted by molar-refractivity contribution is 0.0950. The number of aryl methyl sites for hydroxylation is 1. The van der Waals surface area contributed by atoms with Gasteiger partial charge in [0.2, 0.25) is 0 Å². The maximum atomic E-state index is 12.4. The minimum absolute atomic E-state index is 0. The first-order valence-electron chi connectivity index (χ1n) is 9.42. The van der Waals surface area contributed by atoms with Crippen molar-refractivity contribution in [1.82, 2.24) is 20.6 Å². The number of aromatic nitrogens is 2. The number of hydrogen-bond donors (Lipinski definition) is 3. The molecule has 2 rings (SSSR count). The average molecular weight is 385 g/mol. The number of halogens is 1. The Morgan fingerprint density at radius 2 is 1.77 bits per heavy atom. The summed E-state index contributed by atoms with van der Waals surface area (Å²) in [7, 11) is 0. The van der Waals surface area contributed by atoms with Crippen molar-refractivity contribution in [2.75, 3.05) is 13.1 Å². The van der Waals surface area contributed by atoms with Gasteiger partial charge in [-0.3, -0.25) is 9.59 Å². The van der Waals surface area contributed by atoms with E-state index in [-0.39, 0.29) is 34.9 Å². The fourth-order valence-corrected chi connectivity index (χ4v) is 3.23. The number of rotatable bonds is 5. The fourth-order valence-electron chi connectivity index (χ4n) is 3.23. The molecule has 0 spiro atoms. The highest BCUT2D eigenvalue weighted by atomic mass is 35.5. The summed E-state index contributed by atoms with van der Waals surface area (Å²) in [5.41, 5.74) is -0.0429. The Morgan fingerprint density at radius 1 is 1.15 bits per heavy atom. The quantitative estimate of drug-likeness (QED) is 0.538. The van der Waals surface area contributed by atoms with Gasteiger partial charge < -0.3 is 15.6 Å². The van der Waals surface area contributed by atoms with Crippen LogP contribution in [0.2, 0.25) is 0 Å². The summed E-state index contributed by atoms with van der Waals surface area (Å²) >= 11 is 0. The van der Waals surface area contributed by atoms with E-state index in [9.17, 15) is 9.59 Å². The van der Waals surface area contributed by atoms with Crippen molar-refractivity contribution >= 4 is 18.3 Å². The van der Waals surface area contributed by atoms with E-state index in [1.807, 2.05) is 20.8 Å². The first kappa shape index (κ1) is 22.6. The van der Waals surface area contributed by atoms with Crippen LogP contribution in [0.15, 0.2) is 4.79 Å². The van der Waals surface area contributed by atoms with E-state index < -0.39 is 0 Å². The molecule has 0 saturated heterocycles. The average Bonchev–Trinajstić information content (AvgIpc) is 2.78. The highest BCUT2D eigenvalue weighted by molar-refractivity contribution is 5.94. The molecule has 1 aromatic rings. The highest BCUT2D eigenvalue weighted by Crippen LogP contribution is 2.18. The van der Waals surface area contributed by atoms with Crippen molar-refractivity contribution in [2.24, 2.45) is 0 Å². The predicted octanol–water partition coefficient (Wildman–Crippen LogP) is 2.84. The van der Waals surface area contributed by atoms with Crippen LogP contribution in [0.25, 0.3) is 0 Å². The van der Waals surface area contributed by atoms with Gasteiger partial charge in [0.15, 0.2) is 0 Å².